The summed E-state index contributed by atoms with van der Waals surface area (Å²) < 4.78 is 5.52. The highest BCUT2D eigenvalue weighted by Gasteiger charge is 2.33. The summed E-state index contributed by atoms with van der Waals surface area (Å²) in [4.78, 5) is 2.58. The Kier molecular flexibility index (Phi) is 4.71. The Hall–Kier alpha value is -1.06. The minimum absolute atomic E-state index is 0.181. The first-order chi connectivity index (χ1) is 9.46. The van der Waals surface area contributed by atoms with E-state index in [2.05, 4.69) is 56.1 Å². The summed E-state index contributed by atoms with van der Waals surface area (Å²) in [7, 11) is 1.76. The van der Waals surface area contributed by atoms with Gasteiger partial charge < -0.3 is 10.1 Å². The van der Waals surface area contributed by atoms with Crippen LogP contribution in [-0.2, 0) is 6.54 Å². The van der Waals surface area contributed by atoms with E-state index >= 15 is 0 Å². The van der Waals surface area contributed by atoms with Gasteiger partial charge in [0.25, 0.3) is 0 Å². The van der Waals surface area contributed by atoms with E-state index in [1.165, 1.54) is 17.5 Å². The number of aryl methyl sites for hydroxylation is 1. The smallest absolute Gasteiger partial charge is 0.123 e. The summed E-state index contributed by atoms with van der Waals surface area (Å²) in [5.74, 6) is 0.998. The number of ether oxygens (including phenoxy) is 1. The maximum atomic E-state index is 5.52. The SMILES string of the molecule is CCC1CN(Cc2cc(C)ccc2OC)C(C)(C)CN1. The average Bonchev–Trinajstić information content (AvgIpc) is 2.41. The van der Waals surface area contributed by atoms with E-state index in [1.54, 1.807) is 7.11 Å². The largest absolute Gasteiger partial charge is 0.496 e. The van der Waals surface area contributed by atoms with Crippen molar-refractivity contribution in [3.63, 3.8) is 0 Å². The van der Waals surface area contributed by atoms with Gasteiger partial charge >= 0.3 is 0 Å². The first-order valence-corrected chi connectivity index (χ1v) is 7.58. The molecule has 1 saturated heterocycles. The van der Waals surface area contributed by atoms with E-state index in [4.69, 9.17) is 4.74 Å². The van der Waals surface area contributed by atoms with Crippen molar-refractivity contribution in [3.8, 4) is 5.75 Å². The average molecular weight is 276 g/mol. The number of hydrogen-bond donors (Lipinski definition) is 1. The fourth-order valence-electron chi connectivity index (χ4n) is 2.87. The summed E-state index contributed by atoms with van der Waals surface area (Å²) in [6, 6.07) is 7.04. The maximum absolute atomic E-state index is 5.52. The fraction of sp³-hybridized carbons (Fsp3) is 0.647. The fourth-order valence-corrected chi connectivity index (χ4v) is 2.87. The van der Waals surface area contributed by atoms with Crippen LogP contribution in [0.1, 0.15) is 38.3 Å². The molecular formula is C17H28N2O. The number of nitrogens with zero attached hydrogens (tertiary/aromatic N) is 1. The zero-order valence-corrected chi connectivity index (χ0v) is 13.5. The Labute approximate surface area is 123 Å². The Morgan fingerprint density at radius 1 is 1.40 bits per heavy atom. The van der Waals surface area contributed by atoms with Crippen molar-refractivity contribution < 1.29 is 4.74 Å². The number of methoxy groups -OCH3 is 1. The number of piperazine rings is 1. The summed E-state index contributed by atoms with van der Waals surface area (Å²) in [5, 5.41) is 3.64. The number of nitrogens with one attached hydrogen (secondary N) is 1. The lowest BCUT2D eigenvalue weighted by molar-refractivity contribution is 0.0570. The van der Waals surface area contributed by atoms with Crippen LogP contribution in [0.4, 0.5) is 0 Å². The van der Waals surface area contributed by atoms with Gasteiger partial charge in [-0.3, -0.25) is 4.90 Å². The highest BCUT2D eigenvalue weighted by Crippen LogP contribution is 2.27. The van der Waals surface area contributed by atoms with Crippen LogP contribution in [-0.4, -0.2) is 36.7 Å². The van der Waals surface area contributed by atoms with Crippen LogP contribution in [0.3, 0.4) is 0 Å². The molecule has 1 atom stereocenters. The molecule has 1 aliphatic heterocycles. The molecule has 0 bridgehead atoms. The van der Waals surface area contributed by atoms with Gasteiger partial charge in [-0.05, 0) is 33.3 Å². The Bertz CT molecular complexity index is 456. The normalized spacial score (nSPS) is 22.8. The van der Waals surface area contributed by atoms with Gasteiger partial charge in [0.1, 0.15) is 5.75 Å². The molecule has 1 heterocycles. The Morgan fingerprint density at radius 2 is 2.15 bits per heavy atom. The van der Waals surface area contributed by atoms with Gasteiger partial charge in [0.15, 0.2) is 0 Å². The third-order valence-corrected chi connectivity index (χ3v) is 4.41. The molecule has 0 aliphatic carbocycles. The lowest BCUT2D eigenvalue weighted by Gasteiger charge is -2.46. The van der Waals surface area contributed by atoms with Gasteiger partial charge in [0, 0.05) is 36.8 Å². The quantitative estimate of drug-likeness (QED) is 0.915. The van der Waals surface area contributed by atoms with Crippen LogP contribution in [0, 0.1) is 6.92 Å². The molecule has 0 amide bonds. The molecular weight excluding hydrogens is 248 g/mol. The van der Waals surface area contributed by atoms with Gasteiger partial charge in [-0.2, -0.15) is 0 Å². The third kappa shape index (κ3) is 3.33. The topological polar surface area (TPSA) is 24.5 Å². The van der Waals surface area contributed by atoms with Gasteiger partial charge in [-0.1, -0.05) is 24.6 Å². The Morgan fingerprint density at radius 3 is 2.80 bits per heavy atom. The molecule has 20 heavy (non-hydrogen) atoms. The van der Waals surface area contributed by atoms with Crippen LogP contribution >= 0.6 is 0 Å². The van der Waals surface area contributed by atoms with E-state index in [0.29, 0.717) is 6.04 Å². The first-order valence-electron chi connectivity index (χ1n) is 7.58. The molecule has 2 rings (SSSR count). The van der Waals surface area contributed by atoms with E-state index in [1.807, 2.05) is 0 Å². The van der Waals surface area contributed by atoms with E-state index < -0.39 is 0 Å². The third-order valence-electron chi connectivity index (χ3n) is 4.41. The highest BCUT2D eigenvalue weighted by atomic mass is 16.5. The molecule has 1 aromatic carbocycles. The van der Waals surface area contributed by atoms with Gasteiger partial charge in [0.2, 0.25) is 0 Å². The maximum Gasteiger partial charge on any atom is 0.123 e. The molecule has 0 aromatic heterocycles. The predicted octanol–water partition coefficient (Wildman–Crippen LogP) is 2.97. The van der Waals surface area contributed by atoms with Crippen molar-refractivity contribution in [2.45, 2.75) is 52.2 Å². The zero-order chi connectivity index (χ0) is 14.8. The minimum Gasteiger partial charge on any atom is -0.496 e. The molecule has 1 fully saturated rings. The van der Waals surface area contributed by atoms with Crippen molar-refractivity contribution in [1.29, 1.82) is 0 Å². The number of benzene rings is 1. The molecule has 1 aromatic rings. The van der Waals surface area contributed by atoms with Gasteiger partial charge in [-0.15, -0.1) is 0 Å². The van der Waals surface area contributed by atoms with E-state index in [9.17, 15) is 0 Å². The standard InChI is InChI=1S/C17H28N2O/c1-6-15-11-19(17(3,4)12-18-15)10-14-9-13(2)7-8-16(14)20-5/h7-9,15,18H,6,10-12H2,1-5H3. The van der Waals surface area contributed by atoms with Crippen LogP contribution < -0.4 is 10.1 Å². The Balaban J connectivity index is 2.20. The summed E-state index contributed by atoms with van der Waals surface area (Å²) in [6.45, 7) is 12.1. The van der Waals surface area contributed by atoms with Crippen LogP contribution in [0.2, 0.25) is 0 Å². The van der Waals surface area contributed by atoms with Crippen molar-refractivity contribution in [2.24, 2.45) is 0 Å². The van der Waals surface area contributed by atoms with Crippen LogP contribution in [0.15, 0.2) is 18.2 Å². The van der Waals surface area contributed by atoms with Gasteiger partial charge in [-0.25, -0.2) is 0 Å². The molecule has 3 heteroatoms. The predicted molar refractivity (Wildman–Crippen MR) is 84.3 cm³/mol. The lowest BCUT2D eigenvalue weighted by Crippen LogP contribution is -2.61. The van der Waals surface area contributed by atoms with Crippen molar-refractivity contribution in [2.75, 3.05) is 20.2 Å². The minimum atomic E-state index is 0.181. The van der Waals surface area contributed by atoms with Crippen LogP contribution in [0.5, 0.6) is 5.75 Å². The number of rotatable bonds is 4. The monoisotopic (exact) mass is 276 g/mol. The second kappa shape index (κ2) is 6.15. The molecule has 112 valence electrons. The van der Waals surface area contributed by atoms with Gasteiger partial charge in [0.05, 0.1) is 7.11 Å². The van der Waals surface area contributed by atoms with E-state index in [0.717, 1.165) is 25.4 Å². The molecule has 1 aliphatic rings. The summed E-state index contributed by atoms with van der Waals surface area (Å²) in [6.07, 6.45) is 1.18. The molecule has 1 N–H and O–H groups in total. The van der Waals surface area contributed by atoms with Crippen molar-refractivity contribution in [3.05, 3.63) is 29.3 Å². The molecule has 3 nitrogen and oxygen atoms in total. The molecule has 0 saturated carbocycles. The molecule has 1 unspecified atom stereocenters. The second-order valence-corrected chi connectivity index (χ2v) is 6.49. The molecule has 0 spiro atoms. The van der Waals surface area contributed by atoms with Crippen LogP contribution in [0.25, 0.3) is 0 Å². The summed E-state index contributed by atoms with van der Waals surface area (Å²) in [5.41, 5.74) is 2.76. The van der Waals surface area contributed by atoms with E-state index in [-0.39, 0.29) is 5.54 Å². The number of hydrogen-bond acceptors (Lipinski definition) is 3. The second-order valence-electron chi connectivity index (χ2n) is 6.49. The summed E-state index contributed by atoms with van der Waals surface area (Å²) >= 11 is 0. The highest BCUT2D eigenvalue weighted by molar-refractivity contribution is 5.37. The lowest BCUT2D eigenvalue weighted by atomic mass is 9.95. The zero-order valence-electron chi connectivity index (χ0n) is 13.5. The molecule has 0 radical (unpaired) electrons. The van der Waals surface area contributed by atoms with Crippen molar-refractivity contribution >= 4 is 0 Å². The van der Waals surface area contributed by atoms with Crippen molar-refractivity contribution in [1.82, 2.24) is 10.2 Å². The first kappa shape index (κ1) is 15.3.